The zero-order valence-electron chi connectivity index (χ0n) is 16.8. The lowest BCUT2D eigenvalue weighted by Crippen LogP contribution is -2.37. The number of nitrogens with zero attached hydrogens (tertiary/aromatic N) is 1. The maximum Gasteiger partial charge on any atom is 0.308 e. The molecule has 1 heterocycles. The van der Waals surface area contributed by atoms with Gasteiger partial charge in [0.05, 0.1) is 18.3 Å². The van der Waals surface area contributed by atoms with E-state index in [0.29, 0.717) is 5.56 Å². The van der Waals surface area contributed by atoms with Crippen molar-refractivity contribution in [3.8, 4) is 0 Å². The number of carbonyl (C=O) groups excluding carboxylic acids is 4. The Morgan fingerprint density at radius 1 is 1.07 bits per heavy atom. The van der Waals surface area contributed by atoms with Gasteiger partial charge in [-0.1, -0.05) is 49.6 Å². The monoisotopic (exact) mass is 539 g/mol. The zero-order valence-corrected chi connectivity index (χ0v) is 19.9. The van der Waals surface area contributed by atoms with Gasteiger partial charge < -0.3 is 4.74 Å². The van der Waals surface area contributed by atoms with E-state index in [4.69, 9.17) is 4.74 Å². The number of esters is 1. The first kappa shape index (κ1) is 21.7. The summed E-state index contributed by atoms with van der Waals surface area (Å²) in [7, 11) is 0. The molecule has 6 atom stereocenters. The molecule has 4 rings (SSSR count). The van der Waals surface area contributed by atoms with Crippen molar-refractivity contribution >= 4 is 55.4 Å². The van der Waals surface area contributed by atoms with Gasteiger partial charge in [0.15, 0.2) is 6.61 Å². The van der Waals surface area contributed by atoms with Gasteiger partial charge >= 0.3 is 5.97 Å². The number of amides is 2. The van der Waals surface area contributed by atoms with Crippen LogP contribution in [0.4, 0.5) is 0 Å². The quantitative estimate of drug-likeness (QED) is 0.239. The molecular formula is C22H23Br2NO5. The second-order valence-electron chi connectivity index (χ2n) is 8.48. The average Bonchev–Trinajstić information content (AvgIpc) is 3.31. The number of likely N-dealkylation sites (tertiary alicyclic amines) is 1. The van der Waals surface area contributed by atoms with Crippen molar-refractivity contribution in [2.75, 3.05) is 13.2 Å². The summed E-state index contributed by atoms with van der Waals surface area (Å²) in [5.41, 5.74) is 2.31. The van der Waals surface area contributed by atoms with Crippen LogP contribution >= 0.6 is 31.9 Å². The third-order valence-corrected chi connectivity index (χ3v) is 9.88. The highest BCUT2D eigenvalue weighted by molar-refractivity contribution is 9.12. The Labute approximate surface area is 192 Å². The number of rotatable bonds is 6. The number of ketones is 1. The highest BCUT2D eigenvalue weighted by Crippen LogP contribution is 2.60. The van der Waals surface area contributed by atoms with Crippen LogP contribution in [0.2, 0.25) is 0 Å². The van der Waals surface area contributed by atoms with Crippen molar-refractivity contribution in [3.63, 3.8) is 0 Å². The molecule has 6 unspecified atom stereocenters. The minimum absolute atomic E-state index is 0.000504. The number of ether oxygens (including phenoxy) is 1. The SMILES string of the molecule is Cc1ccc(C)c(C(=O)COC(=O)CCN2C(=O)C3C4CC(C(Br)C4Br)C3C2=O)c1. The second kappa shape index (κ2) is 8.19. The molecule has 2 saturated carbocycles. The van der Waals surface area contributed by atoms with Crippen LogP contribution in [-0.2, 0) is 19.1 Å². The van der Waals surface area contributed by atoms with Crippen LogP contribution in [0.1, 0.15) is 34.3 Å². The summed E-state index contributed by atoms with van der Waals surface area (Å²) < 4.78 is 5.11. The van der Waals surface area contributed by atoms with Gasteiger partial charge in [0.1, 0.15) is 0 Å². The Balaban J connectivity index is 1.31. The van der Waals surface area contributed by atoms with E-state index in [2.05, 4.69) is 31.9 Å². The van der Waals surface area contributed by atoms with Gasteiger partial charge in [-0.2, -0.15) is 0 Å². The summed E-state index contributed by atoms with van der Waals surface area (Å²) in [6, 6.07) is 5.54. The third-order valence-electron chi connectivity index (χ3n) is 6.68. The summed E-state index contributed by atoms with van der Waals surface area (Å²) in [6.07, 6.45) is 0.761. The first-order chi connectivity index (χ1) is 14.2. The molecule has 8 heteroatoms. The standard InChI is InChI=1S/C22H23Br2NO5/c1-10-3-4-11(2)12(7-10)15(26)9-30-16(27)5-6-25-21(28)17-13-8-14(18(17)22(25)29)20(24)19(13)23/h3-4,7,13-14,17-20H,5-6,8-9H2,1-2H3. The molecule has 2 amide bonds. The molecule has 3 aliphatic rings. The van der Waals surface area contributed by atoms with E-state index in [9.17, 15) is 19.2 Å². The van der Waals surface area contributed by atoms with Crippen LogP contribution in [0.15, 0.2) is 18.2 Å². The molecule has 30 heavy (non-hydrogen) atoms. The summed E-state index contributed by atoms with van der Waals surface area (Å²) in [5, 5.41) is 0. The second-order valence-corrected chi connectivity index (χ2v) is 10.6. The summed E-state index contributed by atoms with van der Waals surface area (Å²) in [5.74, 6) is -1.51. The number of aryl methyl sites for hydroxylation is 2. The molecule has 1 aromatic rings. The Hall–Kier alpha value is -1.54. The summed E-state index contributed by atoms with van der Waals surface area (Å²) in [4.78, 5) is 51.8. The van der Waals surface area contributed by atoms with Crippen LogP contribution in [-0.4, -0.2) is 51.3 Å². The van der Waals surface area contributed by atoms with E-state index < -0.39 is 5.97 Å². The Bertz CT molecular complexity index is 900. The lowest BCUT2D eigenvalue weighted by molar-refractivity contribution is -0.145. The first-order valence-corrected chi connectivity index (χ1v) is 11.9. The number of alkyl halides is 2. The van der Waals surface area contributed by atoms with Gasteiger partial charge in [-0.3, -0.25) is 24.1 Å². The smallest absolute Gasteiger partial charge is 0.308 e. The lowest BCUT2D eigenvalue weighted by atomic mass is 9.81. The number of imide groups is 1. The van der Waals surface area contributed by atoms with E-state index in [1.165, 1.54) is 4.90 Å². The van der Waals surface area contributed by atoms with Crippen molar-refractivity contribution in [2.24, 2.45) is 23.7 Å². The van der Waals surface area contributed by atoms with Crippen LogP contribution in [0.3, 0.4) is 0 Å². The molecule has 0 N–H and O–H groups in total. The van der Waals surface area contributed by atoms with Gasteiger partial charge in [-0.15, -0.1) is 0 Å². The van der Waals surface area contributed by atoms with Crippen molar-refractivity contribution < 1.29 is 23.9 Å². The van der Waals surface area contributed by atoms with Gasteiger partial charge in [-0.05, 0) is 43.7 Å². The Morgan fingerprint density at radius 3 is 2.27 bits per heavy atom. The number of benzene rings is 1. The van der Waals surface area contributed by atoms with Gasteiger partial charge in [0.25, 0.3) is 0 Å². The number of halogens is 2. The maximum atomic E-state index is 12.8. The summed E-state index contributed by atoms with van der Waals surface area (Å²) >= 11 is 7.31. The summed E-state index contributed by atoms with van der Waals surface area (Å²) in [6.45, 7) is 3.37. The fourth-order valence-corrected chi connectivity index (χ4v) is 7.04. The molecule has 1 aliphatic heterocycles. The third kappa shape index (κ3) is 3.55. The number of hydrogen-bond donors (Lipinski definition) is 0. The van der Waals surface area contributed by atoms with Gasteiger partial charge in [0.2, 0.25) is 17.6 Å². The van der Waals surface area contributed by atoms with E-state index in [-0.39, 0.29) is 70.5 Å². The molecule has 1 aromatic carbocycles. The van der Waals surface area contributed by atoms with Crippen LogP contribution in [0.5, 0.6) is 0 Å². The average molecular weight is 541 g/mol. The molecule has 2 bridgehead atoms. The highest BCUT2D eigenvalue weighted by Gasteiger charge is 2.66. The maximum absolute atomic E-state index is 12.8. The largest absolute Gasteiger partial charge is 0.457 e. The molecule has 1 saturated heterocycles. The Kier molecular flexibility index (Phi) is 5.92. The molecule has 2 aliphatic carbocycles. The van der Waals surface area contributed by atoms with E-state index in [1.54, 1.807) is 6.07 Å². The van der Waals surface area contributed by atoms with Crippen molar-refractivity contribution in [3.05, 3.63) is 34.9 Å². The first-order valence-electron chi connectivity index (χ1n) is 10.1. The van der Waals surface area contributed by atoms with Crippen LogP contribution in [0.25, 0.3) is 0 Å². The highest BCUT2D eigenvalue weighted by atomic mass is 79.9. The Morgan fingerprint density at radius 2 is 1.67 bits per heavy atom. The molecule has 0 radical (unpaired) electrons. The molecular weight excluding hydrogens is 518 g/mol. The van der Waals surface area contributed by atoms with Crippen molar-refractivity contribution in [2.45, 2.75) is 36.3 Å². The predicted molar refractivity (Wildman–Crippen MR) is 117 cm³/mol. The molecule has 6 nitrogen and oxygen atoms in total. The molecule has 3 fully saturated rings. The number of fused-ring (bicyclic) bond motifs is 5. The van der Waals surface area contributed by atoms with Crippen molar-refractivity contribution in [1.82, 2.24) is 4.90 Å². The number of carbonyl (C=O) groups is 4. The lowest BCUT2D eigenvalue weighted by Gasteiger charge is -2.28. The predicted octanol–water partition coefficient (Wildman–Crippen LogP) is 3.20. The van der Waals surface area contributed by atoms with Crippen molar-refractivity contribution in [1.29, 1.82) is 0 Å². The number of hydrogen-bond acceptors (Lipinski definition) is 5. The topological polar surface area (TPSA) is 80.8 Å². The van der Waals surface area contributed by atoms with Crippen LogP contribution < -0.4 is 0 Å². The molecule has 0 spiro atoms. The molecule has 160 valence electrons. The minimum atomic E-state index is -0.592. The van der Waals surface area contributed by atoms with E-state index in [0.717, 1.165) is 17.5 Å². The molecule has 0 aromatic heterocycles. The van der Waals surface area contributed by atoms with Crippen LogP contribution in [0, 0.1) is 37.5 Å². The normalized spacial score (nSPS) is 31.9. The van der Waals surface area contributed by atoms with Gasteiger partial charge in [0, 0.05) is 21.8 Å². The van der Waals surface area contributed by atoms with E-state index >= 15 is 0 Å². The van der Waals surface area contributed by atoms with Gasteiger partial charge in [-0.25, -0.2) is 0 Å². The number of Topliss-reactive ketones (excluding diaryl/α,β-unsaturated/α-hetero) is 1. The minimum Gasteiger partial charge on any atom is -0.457 e. The zero-order chi connectivity index (χ0) is 21.7. The fourth-order valence-electron chi connectivity index (χ4n) is 5.17. The fraction of sp³-hybridized carbons (Fsp3) is 0.545. The van der Waals surface area contributed by atoms with E-state index in [1.807, 2.05) is 26.0 Å².